The highest BCUT2D eigenvalue weighted by molar-refractivity contribution is 5.66. The van der Waals surface area contributed by atoms with Gasteiger partial charge >= 0.3 is 5.97 Å². The standard InChI is InChI=1S/C17H26O2/c1-12-6-5-7-13(2)10-16-15(9-8-12)17(16,4)11-19-14(3)18/h6,10,15-16H,5,7-9,11H2,1-4H3/b12-6+,13-10+/t15-,16+,17-/m0/s1. The van der Waals surface area contributed by atoms with Crippen LogP contribution in [0.25, 0.3) is 0 Å². The van der Waals surface area contributed by atoms with Crippen LogP contribution >= 0.6 is 0 Å². The Morgan fingerprint density at radius 3 is 2.79 bits per heavy atom. The van der Waals surface area contributed by atoms with E-state index in [1.54, 1.807) is 0 Å². The van der Waals surface area contributed by atoms with E-state index >= 15 is 0 Å². The monoisotopic (exact) mass is 262 g/mol. The smallest absolute Gasteiger partial charge is 0.302 e. The van der Waals surface area contributed by atoms with E-state index in [-0.39, 0.29) is 11.4 Å². The Labute approximate surface area is 116 Å². The van der Waals surface area contributed by atoms with E-state index in [1.165, 1.54) is 30.9 Å². The largest absolute Gasteiger partial charge is 0.465 e. The molecule has 0 spiro atoms. The van der Waals surface area contributed by atoms with Crippen LogP contribution in [0.4, 0.5) is 0 Å². The second-order valence-electron chi connectivity index (χ2n) is 6.56. The minimum absolute atomic E-state index is 0.160. The van der Waals surface area contributed by atoms with Crippen LogP contribution in [0.15, 0.2) is 23.3 Å². The third-order valence-corrected chi connectivity index (χ3v) is 4.86. The molecule has 0 aromatic rings. The van der Waals surface area contributed by atoms with Crippen LogP contribution < -0.4 is 0 Å². The van der Waals surface area contributed by atoms with Crippen molar-refractivity contribution >= 4 is 5.97 Å². The molecule has 0 heterocycles. The molecule has 2 aliphatic carbocycles. The van der Waals surface area contributed by atoms with Gasteiger partial charge < -0.3 is 4.74 Å². The van der Waals surface area contributed by atoms with Crippen LogP contribution in [0.5, 0.6) is 0 Å². The molecule has 0 radical (unpaired) electrons. The van der Waals surface area contributed by atoms with Gasteiger partial charge in [-0.2, -0.15) is 0 Å². The molecular weight excluding hydrogens is 236 g/mol. The van der Waals surface area contributed by atoms with Gasteiger partial charge in [-0.05, 0) is 51.4 Å². The van der Waals surface area contributed by atoms with Crippen LogP contribution in [-0.4, -0.2) is 12.6 Å². The van der Waals surface area contributed by atoms with Crippen LogP contribution in [0, 0.1) is 17.3 Å². The van der Waals surface area contributed by atoms with E-state index < -0.39 is 0 Å². The van der Waals surface area contributed by atoms with Gasteiger partial charge in [0, 0.05) is 12.3 Å². The van der Waals surface area contributed by atoms with Gasteiger partial charge in [-0.1, -0.05) is 30.2 Å². The zero-order chi connectivity index (χ0) is 14.0. The number of carbonyl (C=O) groups is 1. The summed E-state index contributed by atoms with van der Waals surface area (Å²) in [6, 6.07) is 0. The first-order chi connectivity index (χ1) is 8.93. The van der Waals surface area contributed by atoms with Crippen LogP contribution in [0.1, 0.15) is 53.4 Å². The van der Waals surface area contributed by atoms with Crippen molar-refractivity contribution in [2.75, 3.05) is 6.61 Å². The highest BCUT2D eigenvalue weighted by Crippen LogP contribution is 2.62. The lowest BCUT2D eigenvalue weighted by atomic mass is 10.0. The van der Waals surface area contributed by atoms with Gasteiger partial charge in [0.1, 0.15) is 0 Å². The first kappa shape index (κ1) is 14.4. The maximum Gasteiger partial charge on any atom is 0.302 e. The summed E-state index contributed by atoms with van der Waals surface area (Å²) < 4.78 is 5.28. The molecule has 0 aromatic carbocycles. The molecule has 2 rings (SSSR count). The van der Waals surface area contributed by atoms with Gasteiger partial charge in [0.15, 0.2) is 0 Å². The molecule has 106 valence electrons. The maximum atomic E-state index is 11.0. The molecule has 2 aliphatic rings. The number of esters is 1. The average molecular weight is 262 g/mol. The molecule has 2 nitrogen and oxygen atoms in total. The average Bonchev–Trinajstić information content (AvgIpc) is 2.89. The SMILES string of the molecule is CC(=O)OC[C@]1(C)[C@@H]2/C=C(\C)CC/C=C(\C)CC[C@@H]21. The number of rotatable bonds is 2. The van der Waals surface area contributed by atoms with E-state index in [9.17, 15) is 4.79 Å². The molecule has 19 heavy (non-hydrogen) atoms. The molecule has 0 N–H and O–H groups in total. The van der Waals surface area contributed by atoms with E-state index in [2.05, 4.69) is 32.9 Å². The number of hydrogen-bond acceptors (Lipinski definition) is 2. The summed E-state index contributed by atoms with van der Waals surface area (Å²) in [5.74, 6) is 1.10. The normalized spacial score (nSPS) is 40.2. The molecule has 2 heteroatoms. The first-order valence-electron chi connectivity index (χ1n) is 7.40. The lowest BCUT2D eigenvalue weighted by molar-refractivity contribution is -0.142. The molecule has 1 fully saturated rings. The topological polar surface area (TPSA) is 26.3 Å². The molecule has 0 amide bonds. The first-order valence-corrected chi connectivity index (χ1v) is 7.40. The molecule has 1 saturated carbocycles. The van der Waals surface area contributed by atoms with E-state index in [1.807, 2.05) is 0 Å². The van der Waals surface area contributed by atoms with Crippen molar-refractivity contribution in [1.82, 2.24) is 0 Å². The van der Waals surface area contributed by atoms with Crippen molar-refractivity contribution in [2.45, 2.75) is 53.4 Å². The zero-order valence-electron chi connectivity index (χ0n) is 12.7. The van der Waals surface area contributed by atoms with Crippen LogP contribution in [-0.2, 0) is 9.53 Å². The molecule has 0 saturated heterocycles. The van der Waals surface area contributed by atoms with Crippen molar-refractivity contribution in [3.63, 3.8) is 0 Å². The second kappa shape index (κ2) is 5.52. The fourth-order valence-electron chi connectivity index (χ4n) is 3.40. The van der Waals surface area contributed by atoms with E-state index in [0.29, 0.717) is 18.4 Å². The predicted octanol–water partition coefficient (Wildman–Crippen LogP) is 4.27. The number of fused-ring (bicyclic) bond motifs is 1. The zero-order valence-corrected chi connectivity index (χ0v) is 12.7. The molecule has 0 bridgehead atoms. The number of hydrogen-bond donors (Lipinski definition) is 0. The Bertz CT molecular complexity index is 419. The molecular formula is C17H26O2. The van der Waals surface area contributed by atoms with Gasteiger partial charge in [-0.25, -0.2) is 0 Å². The summed E-state index contributed by atoms with van der Waals surface area (Å²) in [4.78, 5) is 11.0. The van der Waals surface area contributed by atoms with Crippen molar-refractivity contribution in [1.29, 1.82) is 0 Å². The minimum atomic E-state index is -0.160. The maximum absolute atomic E-state index is 11.0. The van der Waals surface area contributed by atoms with Crippen LogP contribution in [0.3, 0.4) is 0 Å². The van der Waals surface area contributed by atoms with Crippen molar-refractivity contribution < 1.29 is 9.53 Å². The predicted molar refractivity (Wildman–Crippen MR) is 77.7 cm³/mol. The Morgan fingerprint density at radius 2 is 2.11 bits per heavy atom. The summed E-state index contributed by atoms with van der Waals surface area (Å²) in [5, 5.41) is 0. The molecule has 3 atom stereocenters. The highest BCUT2D eigenvalue weighted by atomic mass is 16.5. The summed E-state index contributed by atoms with van der Waals surface area (Å²) >= 11 is 0. The summed E-state index contributed by atoms with van der Waals surface area (Å²) in [7, 11) is 0. The number of carbonyl (C=O) groups excluding carboxylic acids is 1. The van der Waals surface area contributed by atoms with Gasteiger partial charge in [0.25, 0.3) is 0 Å². The van der Waals surface area contributed by atoms with Gasteiger partial charge in [0.2, 0.25) is 0 Å². The lowest BCUT2D eigenvalue weighted by Crippen LogP contribution is -2.13. The van der Waals surface area contributed by atoms with Gasteiger partial charge in [0.05, 0.1) is 6.61 Å². The fraction of sp³-hybridized carbons (Fsp3) is 0.706. The van der Waals surface area contributed by atoms with E-state index in [0.717, 1.165) is 12.8 Å². The summed E-state index contributed by atoms with van der Waals surface area (Å²) in [5.41, 5.74) is 3.15. The Kier molecular flexibility index (Phi) is 4.17. The van der Waals surface area contributed by atoms with Crippen molar-refractivity contribution in [3.8, 4) is 0 Å². The Morgan fingerprint density at radius 1 is 1.37 bits per heavy atom. The Hall–Kier alpha value is -1.05. The highest BCUT2D eigenvalue weighted by Gasteiger charge is 2.59. The van der Waals surface area contributed by atoms with Gasteiger partial charge in [-0.3, -0.25) is 4.79 Å². The molecule has 0 aliphatic heterocycles. The van der Waals surface area contributed by atoms with Gasteiger partial charge in [-0.15, -0.1) is 0 Å². The minimum Gasteiger partial charge on any atom is -0.465 e. The molecule has 0 unspecified atom stereocenters. The quantitative estimate of drug-likeness (QED) is 0.549. The Balaban J connectivity index is 2.09. The fourth-order valence-corrected chi connectivity index (χ4v) is 3.40. The van der Waals surface area contributed by atoms with Crippen molar-refractivity contribution in [3.05, 3.63) is 23.3 Å². The lowest BCUT2D eigenvalue weighted by Gasteiger charge is -2.11. The number of allylic oxidation sites excluding steroid dienone is 4. The molecule has 0 aromatic heterocycles. The summed E-state index contributed by atoms with van der Waals surface area (Å²) in [6.45, 7) is 8.81. The van der Waals surface area contributed by atoms with E-state index in [4.69, 9.17) is 4.74 Å². The van der Waals surface area contributed by atoms with Crippen molar-refractivity contribution in [2.24, 2.45) is 17.3 Å². The van der Waals surface area contributed by atoms with Crippen LogP contribution in [0.2, 0.25) is 0 Å². The third-order valence-electron chi connectivity index (χ3n) is 4.86. The second-order valence-corrected chi connectivity index (χ2v) is 6.56. The summed E-state index contributed by atoms with van der Waals surface area (Å²) in [6.07, 6.45) is 9.53. The third kappa shape index (κ3) is 3.29. The number of ether oxygens (including phenoxy) is 1.